The first-order valence-corrected chi connectivity index (χ1v) is 11.2. The van der Waals surface area contributed by atoms with Crippen molar-refractivity contribution in [3.63, 3.8) is 0 Å². The Bertz CT molecular complexity index is 760. The van der Waals surface area contributed by atoms with Crippen LogP contribution in [-0.2, 0) is 6.42 Å². The van der Waals surface area contributed by atoms with Gasteiger partial charge in [-0.05, 0) is 37.4 Å². The fourth-order valence-corrected chi connectivity index (χ4v) is 4.03. The highest BCUT2D eigenvalue weighted by atomic mass is 15.3. The molecule has 29 heavy (non-hydrogen) atoms. The van der Waals surface area contributed by atoms with Crippen molar-refractivity contribution in [1.29, 1.82) is 0 Å². The molecule has 1 unspecified atom stereocenters. The van der Waals surface area contributed by atoms with Gasteiger partial charge in [0.2, 0.25) is 0 Å². The third-order valence-corrected chi connectivity index (χ3v) is 5.75. The summed E-state index contributed by atoms with van der Waals surface area (Å²) in [7, 11) is 0. The van der Waals surface area contributed by atoms with Crippen molar-refractivity contribution < 1.29 is 0 Å². The Balaban J connectivity index is 1.44. The summed E-state index contributed by atoms with van der Waals surface area (Å²) in [6.07, 6.45) is 3.10. The first-order valence-electron chi connectivity index (χ1n) is 11.2. The topological polar surface area (TPSA) is 58.7 Å². The maximum Gasteiger partial charge on any atom is 0.191 e. The number of nitrogens with zero attached hydrogens (tertiary/aromatic N) is 3. The Morgan fingerprint density at radius 3 is 2.62 bits per heavy atom. The number of hydrogen-bond donors (Lipinski definition) is 3. The number of aliphatic imine (C=N–C) groups is 1. The normalized spacial score (nSPS) is 17.6. The molecule has 0 radical (unpaired) electrons. The van der Waals surface area contributed by atoms with Gasteiger partial charge in [-0.2, -0.15) is 0 Å². The number of para-hydroxylation sites is 1. The van der Waals surface area contributed by atoms with E-state index in [-0.39, 0.29) is 0 Å². The number of H-pyrrole nitrogens is 1. The highest BCUT2D eigenvalue weighted by Gasteiger charge is 2.17. The number of aromatic nitrogens is 1. The largest absolute Gasteiger partial charge is 0.361 e. The van der Waals surface area contributed by atoms with E-state index in [1.807, 2.05) is 0 Å². The number of aromatic amines is 1. The molecule has 1 aliphatic heterocycles. The molecule has 3 N–H and O–H groups in total. The molecule has 0 aliphatic carbocycles. The molecule has 3 rings (SSSR count). The van der Waals surface area contributed by atoms with Gasteiger partial charge in [-0.3, -0.25) is 4.99 Å². The van der Waals surface area contributed by atoms with E-state index in [0.717, 1.165) is 38.6 Å². The Kier molecular flexibility index (Phi) is 8.38. The second kappa shape index (κ2) is 11.2. The lowest BCUT2D eigenvalue weighted by Crippen LogP contribution is -2.47. The Morgan fingerprint density at radius 2 is 1.86 bits per heavy atom. The minimum atomic E-state index is 0.562. The van der Waals surface area contributed by atoms with E-state index in [4.69, 9.17) is 4.99 Å². The summed E-state index contributed by atoms with van der Waals surface area (Å²) in [6, 6.07) is 8.48. The number of nitrogens with one attached hydrogen (secondary N) is 3. The van der Waals surface area contributed by atoms with Gasteiger partial charge in [0, 0.05) is 69.5 Å². The van der Waals surface area contributed by atoms with Crippen molar-refractivity contribution in [3.8, 4) is 0 Å². The van der Waals surface area contributed by atoms with Crippen molar-refractivity contribution >= 4 is 16.9 Å². The van der Waals surface area contributed by atoms with E-state index in [9.17, 15) is 0 Å². The molecule has 0 saturated carbocycles. The molecule has 1 aliphatic rings. The molecule has 6 heteroatoms. The average Bonchev–Trinajstić information content (AvgIpc) is 3.16. The van der Waals surface area contributed by atoms with Crippen LogP contribution in [0, 0.1) is 5.92 Å². The number of hydrogen-bond acceptors (Lipinski definition) is 3. The Morgan fingerprint density at radius 1 is 1.10 bits per heavy atom. The number of benzene rings is 1. The minimum absolute atomic E-state index is 0.562. The van der Waals surface area contributed by atoms with Crippen LogP contribution < -0.4 is 10.6 Å². The first-order chi connectivity index (χ1) is 14.2. The average molecular weight is 399 g/mol. The summed E-state index contributed by atoms with van der Waals surface area (Å²) in [5.74, 6) is 1.49. The fraction of sp³-hybridized carbons (Fsp3) is 0.609. The summed E-state index contributed by atoms with van der Waals surface area (Å²) < 4.78 is 0. The zero-order valence-electron chi connectivity index (χ0n) is 18.4. The predicted molar refractivity (Wildman–Crippen MR) is 124 cm³/mol. The van der Waals surface area contributed by atoms with Crippen LogP contribution in [0.4, 0.5) is 0 Å². The number of guanidine groups is 1. The summed E-state index contributed by atoms with van der Waals surface area (Å²) >= 11 is 0. The lowest BCUT2D eigenvalue weighted by molar-refractivity contribution is 0.125. The zero-order chi connectivity index (χ0) is 20.5. The highest BCUT2D eigenvalue weighted by Crippen LogP contribution is 2.17. The van der Waals surface area contributed by atoms with Crippen LogP contribution in [0.25, 0.3) is 10.9 Å². The van der Waals surface area contributed by atoms with Crippen molar-refractivity contribution in [2.24, 2.45) is 10.9 Å². The molecular formula is C23H38N6. The van der Waals surface area contributed by atoms with Crippen LogP contribution >= 0.6 is 0 Å². The molecule has 1 fully saturated rings. The Hall–Kier alpha value is -2.05. The van der Waals surface area contributed by atoms with E-state index in [2.05, 4.69) is 76.7 Å². The van der Waals surface area contributed by atoms with Crippen molar-refractivity contribution in [2.45, 2.75) is 27.2 Å². The zero-order valence-corrected chi connectivity index (χ0v) is 18.4. The van der Waals surface area contributed by atoms with Gasteiger partial charge in [-0.1, -0.05) is 32.0 Å². The number of piperazine rings is 1. The maximum absolute atomic E-state index is 4.84. The van der Waals surface area contributed by atoms with E-state index in [1.165, 1.54) is 49.2 Å². The number of likely N-dealkylation sites (N-methyl/N-ethyl adjacent to an activating group) is 1. The van der Waals surface area contributed by atoms with E-state index < -0.39 is 0 Å². The van der Waals surface area contributed by atoms with Crippen molar-refractivity contribution in [1.82, 2.24) is 25.4 Å². The standard InChI is InChI=1S/C23H38N6/c1-4-24-23(25-11-10-20-17-26-22-9-7-6-8-21(20)22)27-16-19(3)18-29-14-12-28(5-2)13-15-29/h6-9,17,19,26H,4-5,10-16,18H2,1-3H3,(H2,24,25,27). The lowest BCUT2D eigenvalue weighted by atomic mass is 10.1. The third kappa shape index (κ3) is 6.47. The fourth-order valence-electron chi connectivity index (χ4n) is 4.03. The van der Waals surface area contributed by atoms with E-state index in [0.29, 0.717) is 5.92 Å². The second-order valence-corrected chi connectivity index (χ2v) is 8.10. The van der Waals surface area contributed by atoms with Crippen LogP contribution in [0.1, 0.15) is 26.3 Å². The first kappa shape index (κ1) is 21.7. The lowest BCUT2D eigenvalue weighted by Gasteiger charge is -2.35. The molecule has 1 saturated heterocycles. The minimum Gasteiger partial charge on any atom is -0.361 e. The van der Waals surface area contributed by atoms with Crippen LogP contribution in [0.2, 0.25) is 0 Å². The van der Waals surface area contributed by atoms with Gasteiger partial charge in [0.05, 0.1) is 0 Å². The second-order valence-electron chi connectivity index (χ2n) is 8.10. The van der Waals surface area contributed by atoms with Gasteiger partial charge in [-0.25, -0.2) is 0 Å². The predicted octanol–water partition coefficient (Wildman–Crippen LogP) is 2.54. The molecule has 0 amide bonds. The molecule has 2 heterocycles. The SMILES string of the molecule is CCNC(=NCC(C)CN1CCN(CC)CC1)NCCc1c[nH]c2ccccc12. The quantitative estimate of drug-likeness (QED) is 0.449. The van der Waals surface area contributed by atoms with Crippen LogP contribution in [0.3, 0.4) is 0 Å². The summed E-state index contributed by atoms with van der Waals surface area (Å²) in [4.78, 5) is 13.3. The van der Waals surface area contributed by atoms with E-state index >= 15 is 0 Å². The molecule has 160 valence electrons. The van der Waals surface area contributed by atoms with Crippen LogP contribution in [0.15, 0.2) is 35.5 Å². The number of fused-ring (bicyclic) bond motifs is 1. The van der Waals surface area contributed by atoms with Crippen LogP contribution in [-0.4, -0.2) is 79.6 Å². The number of rotatable bonds is 9. The van der Waals surface area contributed by atoms with E-state index in [1.54, 1.807) is 0 Å². The van der Waals surface area contributed by atoms with Gasteiger partial charge in [0.25, 0.3) is 0 Å². The van der Waals surface area contributed by atoms with Gasteiger partial charge >= 0.3 is 0 Å². The van der Waals surface area contributed by atoms with Crippen molar-refractivity contribution in [3.05, 3.63) is 36.0 Å². The van der Waals surface area contributed by atoms with Gasteiger partial charge in [-0.15, -0.1) is 0 Å². The molecule has 0 bridgehead atoms. The molecular weight excluding hydrogens is 360 g/mol. The molecule has 1 aromatic carbocycles. The summed E-state index contributed by atoms with van der Waals surface area (Å²) in [6.45, 7) is 16.4. The molecule has 6 nitrogen and oxygen atoms in total. The summed E-state index contributed by atoms with van der Waals surface area (Å²) in [5, 5.41) is 8.20. The molecule has 2 aromatic rings. The Labute approximate surface area is 175 Å². The summed E-state index contributed by atoms with van der Waals surface area (Å²) in [5.41, 5.74) is 2.56. The van der Waals surface area contributed by atoms with Gasteiger partial charge < -0.3 is 25.4 Å². The van der Waals surface area contributed by atoms with Gasteiger partial charge in [0.15, 0.2) is 5.96 Å². The molecule has 1 aromatic heterocycles. The highest BCUT2D eigenvalue weighted by molar-refractivity contribution is 5.83. The smallest absolute Gasteiger partial charge is 0.191 e. The third-order valence-electron chi connectivity index (χ3n) is 5.75. The molecule has 1 atom stereocenters. The van der Waals surface area contributed by atoms with Crippen molar-refractivity contribution in [2.75, 3.05) is 58.9 Å². The van der Waals surface area contributed by atoms with Gasteiger partial charge in [0.1, 0.15) is 0 Å². The van der Waals surface area contributed by atoms with Crippen LogP contribution in [0.5, 0.6) is 0 Å². The maximum atomic E-state index is 4.84. The monoisotopic (exact) mass is 398 g/mol. The molecule has 0 spiro atoms.